The molecule has 2 fully saturated rings. The number of likely N-dealkylation sites (tertiary alicyclic amines) is 1. The van der Waals surface area contributed by atoms with Crippen LogP contribution in [-0.2, 0) is 20.3 Å². The summed E-state index contributed by atoms with van der Waals surface area (Å²) in [7, 11) is -3.67. The zero-order valence-electron chi connectivity index (χ0n) is 20.9. The predicted octanol–water partition coefficient (Wildman–Crippen LogP) is 2.93. The summed E-state index contributed by atoms with van der Waals surface area (Å²) in [6, 6.07) is 8.02. The minimum atomic E-state index is -3.67. The van der Waals surface area contributed by atoms with E-state index >= 15 is 0 Å². The molecule has 3 atom stereocenters. The number of aromatic nitrogens is 2. The van der Waals surface area contributed by atoms with Crippen molar-refractivity contribution in [2.75, 3.05) is 19.3 Å². The van der Waals surface area contributed by atoms with Crippen molar-refractivity contribution in [3.8, 4) is 17.5 Å². The van der Waals surface area contributed by atoms with Crippen LogP contribution < -0.4 is 5.32 Å². The maximum Gasteiger partial charge on any atom is 0.261 e. The van der Waals surface area contributed by atoms with Crippen LogP contribution in [0.3, 0.4) is 0 Å². The van der Waals surface area contributed by atoms with E-state index in [1.165, 1.54) is 12.1 Å². The van der Waals surface area contributed by atoms with Crippen molar-refractivity contribution in [1.29, 1.82) is 5.26 Å². The number of amides is 1. The molecule has 10 nitrogen and oxygen atoms in total. The molecule has 36 heavy (non-hydrogen) atoms. The molecule has 1 aliphatic heterocycles. The number of hydrogen-bond acceptors (Lipinski definition) is 8. The highest BCUT2D eigenvalue weighted by Gasteiger charge is 2.55. The number of nitrogens with one attached hydrogen (secondary N) is 1. The van der Waals surface area contributed by atoms with Gasteiger partial charge in [-0.3, -0.25) is 9.35 Å². The van der Waals surface area contributed by atoms with Gasteiger partial charge in [-0.15, -0.1) is 0 Å². The molecular weight excluding hydrogens is 489 g/mol. The molecule has 0 bridgehead atoms. The van der Waals surface area contributed by atoms with Gasteiger partial charge in [0.1, 0.15) is 11.9 Å². The third-order valence-electron chi connectivity index (χ3n) is 7.45. The summed E-state index contributed by atoms with van der Waals surface area (Å²) in [6.07, 6.45) is 4.05. The molecule has 2 aromatic rings. The number of rotatable bonds is 5. The lowest BCUT2D eigenvalue weighted by Crippen LogP contribution is -2.50. The molecule has 1 saturated heterocycles. The van der Waals surface area contributed by atoms with Crippen LogP contribution in [-0.4, -0.2) is 65.3 Å². The molecule has 1 aromatic heterocycles. The Balaban J connectivity index is 0.000000658. The number of nitriles is 1. The molecule has 1 amide bonds. The van der Waals surface area contributed by atoms with Crippen LogP contribution in [0.4, 0.5) is 4.39 Å². The Morgan fingerprint density at radius 2 is 1.94 bits per heavy atom. The van der Waals surface area contributed by atoms with Crippen LogP contribution in [0, 0.1) is 22.6 Å². The average molecular weight is 522 g/mol. The number of nitrogens with zero attached hydrogens (tertiary/aromatic N) is 4. The Kier molecular flexibility index (Phi) is 8.17. The van der Waals surface area contributed by atoms with E-state index in [-0.39, 0.29) is 41.2 Å². The lowest BCUT2D eigenvalue weighted by atomic mass is 9.67. The van der Waals surface area contributed by atoms with Gasteiger partial charge in [0.05, 0.1) is 24.3 Å². The van der Waals surface area contributed by atoms with Gasteiger partial charge in [0.25, 0.3) is 10.1 Å². The molecule has 196 valence electrons. The average Bonchev–Trinajstić information content (AvgIpc) is 3.51. The van der Waals surface area contributed by atoms with Crippen molar-refractivity contribution in [3.05, 3.63) is 36.0 Å². The van der Waals surface area contributed by atoms with Crippen molar-refractivity contribution in [2.45, 2.75) is 64.0 Å². The van der Waals surface area contributed by atoms with Gasteiger partial charge in [-0.1, -0.05) is 25.9 Å². The standard InChI is InChI=1S/C23H28FN5O2.CH4O3S/c1-22(2)18(26-14-19(30)29-12-4-5-17(29)13-25)10-11-23(22,3)21-27-20(28-31-21)15-6-8-16(24)9-7-15;1-5(2,3)4/h6-9,17-18,26H,4-5,10-12,14H2,1-3H3;1H3,(H,2,3,4)/t17?,18-,23-;/m0./s1. The van der Waals surface area contributed by atoms with Gasteiger partial charge >= 0.3 is 0 Å². The largest absolute Gasteiger partial charge is 0.338 e. The van der Waals surface area contributed by atoms with Gasteiger partial charge < -0.3 is 14.7 Å². The molecule has 2 N–H and O–H groups in total. The summed E-state index contributed by atoms with van der Waals surface area (Å²) in [5, 5.41) is 16.8. The van der Waals surface area contributed by atoms with Crippen molar-refractivity contribution in [3.63, 3.8) is 0 Å². The summed E-state index contributed by atoms with van der Waals surface area (Å²) >= 11 is 0. The van der Waals surface area contributed by atoms with Gasteiger partial charge in [0.2, 0.25) is 17.6 Å². The van der Waals surface area contributed by atoms with Crippen molar-refractivity contribution in [1.82, 2.24) is 20.4 Å². The van der Waals surface area contributed by atoms with Crippen molar-refractivity contribution >= 4 is 16.0 Å². The summed E-state index contributed by atoms with van der Waals surface area (Å²) < 4.78 is 44.7. The highest BCUT2D eigenvalue weighted by Crippen LogP contribution is 2.53. The number of carbonyl (C=O) groups excluding carboxylic acids is 1. The molecular formula is C24H32FN5O5S. The predicted molar refractivity (Wildman–Crippen MR) is 130 cm³/mol. The third kappa shape index (κ3) is 6.08. The van der Waals surface area contributed by atoms with E-state index in [1.807, 2.05) is 0 Å². The van der Waals surface area contributed by atoms with Gasteiger partial charge in [-0.25, -0.2) is 4.39 Å². The third-order valence-corrected chi connectivity index (χ3v) is 7.45. The lowest BCUT2D eigenvalue weighted by molar-refractivity contribution is -0.130. The van der Waals surface area contributed by atoms with E-state index in [1.54, 1.807) is 17.0 Å². The first-order valence-electron chi connectivity index (χ1n) is 11.7. The normalized spacial score (nSPS) is 25.2. The van der Waals surface area contributed by atoms with E-state index in [2.05, 4.69) is 42.3 Å². The Hall–Kier alpha value is -2.88. The SMILES string of the molecule is CC1(C)[C@@H](NCC(=O)N2CCCC2C#N)CC[C@@]1(C)c1nc(-c2ccc(F)cc2)no1.CS(=O)(=O)O. The second-order valence-electron chi connectivity index (χ2n) is 10.1. The summed E-state index contributed by atoms with van der Waals surface area (Å²) in [4.78, 5) is 19.0. The zero-order chi connectivity index (χ0) is 26.7. The summed E-state index contributed by atoms with van der Waals surface area (Å²) in [5.41, 5.74) is 0.0789. The van der Waals surface area contributed by atoms with Crippen LogP contribution in [0.15, 0.2) is 28.8 Å². The Morgan fingerprint density at radius 3 is 2.56 bits per heavy atom. The zero-order valence-corrected chi connectivity index (χ0v) is 21.7. The minimum Gasteiger partial charge on any atom is -0.338 e. The molecule has 4 rings (SSSR count). The molecule has 1 saturated carbocycles. The van der Waals surface area contributed by atoms with E-state index < -0.39 is 10.1 Å². The van der Waals surface area contributed by atoms with Gasteiger partial charge in [0, 0.05) is 18.2 Å². The molecule has 1 unspecified atom stereocenters. The first-order chi connectivity index (χ1) is 16.8. The van der Waals surface area contributed by atoms with Crippen LogP contribution in [0.25, 0.3) is 11.4 Å². The fourth-order valence-corrected chi connectivity index (χ4v) is 4.92. The second-order valence-corrected chi connectivity index (χ2v) is 11.5. The molecule has 2 aliphatic rings. The smallest absolute Gasteiger partial charge is 0.261 e. The maximum absolute atomic E-state index is 13.2. The lowest BCUT2D eigenvalue weighted by Gasteiger charge is -2.39. The molecule has 0 spiro atoms. The highest BCUT2D eigenvalue weighted by atomic mass is 32.2. The Labute approximate surface area is 210 Å². The number of hydrogen-bond donors (Lipinski definition) is 2. The van der Waals surface area contributed by atoms with Gasteiger partial charge in [0.15, 0.2) is 0 Å². The summed E-state index contributed by atoms with van der Waals surface area (Å²) in [5.74, 6) is 0.659. The fraction of sp³-hybridized carbons (Fsp3) is 0.583. The number of halogens is 1. The van der Waals surface area contributed by atoms with E-state index in [9.17, 15) is 22.9 Å². The fourth-order valence-electron chi connectivity index (χ4n) is 4.92. The Morgan fingerprint density at radius 1 is 1.31 bits per heavy atom. The van der Waals surface area contributed by atoms with Crippen molar-refractivity contribution in [2.24, 2.45) is 5.41 Å². The molecule has 2 heterocycles. The topological polar surface area (TPSA) is 149 Å². The van der Waals surface area contributed by atoms with E-state index in [0.29, 0.717) is 30.1 Å². The van der Waals surface area contributed by atoms with Gasteiger partial charge in [-0.2, -0.15) is 18.7 Å². The monoisotopic (exact) mass is 521 g/mol. The molecule has 1 aromatic carbocycles. The Bertz CT molecular complexity index is 1220. The van der Waals surface area contributed by atoms with Crippen LogP contribution in [0.5, 0.6) is 0 Å². The van der Waals surface area contributed by atoms with Crippen LogP contribution in [0.1, 0.15) is 52.3 Å². The van der Waals surface area contributed by atoms with Crippen LogP contribution in [0.2, 0.25) is 0 Å². The molecule has 1 aliphatic carbocycles. The summed E-state index contributed by atoms with van der Waals surface area (Å²) in [6.45, 7) is 7.28. The maximum atomic E-state index is 13.2. The first-order valence-corrected chi connectivity index (χ1v) is 13.6. The van der Waals surface area contributed by atoms with Crippen molar-refractivity contribution < 1.29 is 26.7 Å². The quantitative estimate of drug-likeness (QED) is 0.566. The molecule has 0 radical (unpaired) electrons. The number of carbonyl (C=O) groups is 1. The molecule has 12 heteroatoms. The number of benzene rings is 1. The van der Waals surface area contributed by atoms with Gasteiger partial charge in [-0.05, 0) is 55.4 Å². The van der Waals surface area contributed by atoms with Crippen LogP contribution >= 0.6 is 0 Å². The second kappa shape index (κ2) is 10.6. The minimum absolute atomic E-state index is 0.0233. The highest BCUT2D eigenvalue weighted by molar-refractivity contribution is 7.85. The first kappa shape index (κ1) is 27.7. The van der Waals surface area contributed by atoms with E-state index in [0.717, 1.165) is 25.7 Å². The van der Waals surface area contributed by atoms with E-state index in [4.69, 9.17) is 9.08 Å².